The molecule has 118 valence electrons. The van der Waals surface area contributed by atoms with E-state index in [1.807, 2.05) is 0 Å². The second-order valence-electron chi connectivity index (χ2n) is 4.23. The standard InChI is InChI=1S/C14H11F5N2O/c15-11-6-7-12(22-14(17,18)19)10(13(11)16)8-20-21-9-4-2-1-3-5-9/h1-7,20-21H,8H2. The fourth-order valence-electron chi connectivity index (χ4n) is 1.72. The molecule has 22 heavy (non-hydrogen) atoms. The quantitative estimate of drug-likeness (QED) is 0.646. The molecule has 8 heteroatoms. The van der Waals surface area contributed by atoms with Gasteiger partial charge in [0, 0.05) is 17.8 Å². The molecule has 0 aliphatic heterocycles. The van der Waals surface area contributed by atoms with Crippen molar-refractivity contribution in [2.45, 2.75) is 12.9 Å². The first-order valence-electron chi connectivity index (χ1n) is 6.13. The Balaban J connectivity index is 2.12. The lowest BCUT2D eigenvalue weighted by Crippen LogP contribution is -2.24. The summed E-state index contributed by atoms with van der Waals surface area (Å²) in [6.07, 6.45) is -4.99. The average molecular weight is 318 g/mol. The van der Waals surface area contributed by atoms with E-state index in [-0.39, 0.29) is 0 Å². The van der Waals surface area contributed by atoms with Gasteiger partial charge < -0.3 is 10.2 Å². The first kappa shape index (κ1) is 16.0. The van der Waals surface area contributed by atoms with Gasteiger partial charge in [-0.3, -0.25) is 0 Å². The number of alkyl halides is 3. The first-order valence-corrected chi connectivity index (χ1v) is 6.13. The SMILES string of the molecule is Fc1ccc(OC(F)(F)F)c(CNNc2ccccc2)c1F. The van der Waals surface area contributed by atoms with Crippen molar-refractivity contribution in [1.82, 2.24) is 5.43 Å². The highest BCUT2D eigenvalue weighted by atomic mass is 19.4. The number of ether oxygens (including phenoxy) is 1. The predicted molar refractivity (Wildman–Crippen MR) is 69.9 cm³/mol. The number of hydrogen-bond acceptors (Lipinski definition) is 3. The minimum Gasteiger partial charge on any atom is -0.405 e. The van der Waals surface area contributed by atoms with Gasteiger partial charge in [0.2, 0.25) is 0 Å². The maximum absolute atomic E-state index is 13.7. The number of anilines is 1. The third-order valence-electron chi connectivity index (χ3n) is 2.65. The molecule has 0 aromatic heterocycles. The van der Waals surface area contributed by atoms with Crippen LogP contribution in [0.2, 0.25) is 0 Å². The molecule has 0 unspecified atom stereocenters. The van der Waals surface area contributed by atoms with Gasteiger partial charge in [-0.2, -0.15) is 0 Å². The van der Waals surface area contributed by atoms with Gasteiger partial charge in [-0.15, -0.1) is 13.2 Å². The Morgan fingerprint density at radius 1 is 0.955 bits per heavy atom. The second-order valence-corrected chi connectivity index (χ2v) is 4.23. The third kappa shape index (κ3) is 4.32. The largest absolute Gasteiger partial charge is 0.573 e. The number of nitrogens with one attached hydrogen (secondary N) is 2. The van der Waals surface area contributed by atoms with Crippen LogP contribution in [0.15, 0.2) is 42.5 Å². The smallest absolute Gasteiger partial charge is 0.405 e. The molecule has 0 atom stereocenters. The lowest BCUT2D eigenvalue weighted by atomic mass is 10.2. The van der Waals surface area contributed by atoms with Gasteiger partial charge in [0.1, 0.15) is 5.75 Å². The van der Waals surface area contributed by atoms with Gasteiger partial charge >= 0.3 is 6.36 Å². The summed E-state index contributed by atoms with van der Waals surface area (Å²) in [5, 5.41) is 0. The van der Waals surface area contributed by atoms with Crippen LogP contribution in [0.1, 0.15) is 5.56 Å². The summed E-state index contributed by atoms with van der Waals surface area (Å²) in [5.41, 5.74) is 5.20. The maximum Gasteiger partial charge on any atom is 0.573 e. The summed E-state index contributed by atoms with van der Waals surface area (Å²) in [6, 6.07) is 9.89. The Kier molecular flexibility index (Phi) is 4.81. The fourth-order valence-corrected chi connectivity index (χ4v) is 1.72. The van der Waals surface area contributed by atoms with Crippen LogP contribution in [-0.4, -0.2) is 6.36 Å². The van der Waals surface area contributed by atoms with Crippen molar-refractivity contribution in [3.63, 3.8) is 0 Å². The molecule has 0 saturated carbocycles. The zero-order valence-corrected chi connectivity index (χ0v) is 11.0. The summed E-state index contributed by atoms with van der Waals surface area (Å²) < 4.78 is 67.4. The number of benzene rings is 2. The van der Waals surface area contributed by atoms with Gasteiger partial charge in [0.15, 0.2) is 11.6 Å². The van der Waals surface area contributed by atoms with Crippen LogP contribution >= 0.6 is 0 Å². The van der Waals surface area contributed by atoms with E-state index < -0.39 is 35.9 Å². The number of para-hydroxylation sites is 1. The van der Waals surface area contributed by atoms with Crippen molar-refractivity contribution >= 4 is 5.69 Å². The second kappa shape index (κ2) is 6.61. The van der Waals surface area contributed by atoms with Crippen molar-refractivity contribution in [1.29, 1.82) is 0 Å². The van der Waals surface area contributed by atoms with Crippen LogP contribution in [0.25, 0.3) is 0 Å². The Hall–Kier alpha value is -2.35. The van der Waals surface area contributed by atoms with Crippen molar-refractivity contribution in [2.75, 3.05) is 5.43 Å². The summed E-state index contributed by atoms with van der Waals surface area (Å²) in [6.45, 7) is -0.413. The minimum absolute atomic E-state index is 0.413. The summed E-state index contributed by atoms with van der Waals surface area (Å²) in [5.74, 6) is -3.45. The van der Waals surface area contributed by atoms with Crippen molar-refractivity contribution < 1.29 is 26.7 Å². The van der Waals surface area contributed by atoms with E-state index in [0.29, 0.717) is 11.8 Å². The summed E-state index contributed by atoms with van der Waals surface area (Å²) >= 11 is 0. The normalized spacial score (nSPS) is 11.3. The van der Waals surface area contributed by atoms with E-state index in [4.69, 9.17) is 0 Å². The highest BCUT2D eigenvalue weighted by Crippen LogP contribution is 2.29. The van der Waals surface area contributed by atoms with Crippen molar-refractivity contribution in [3.05, 3.63) is 59.7 Å². The van der Waals surface area contributed by atoms with Gasteiger partial charge in [-0.05, 0) is 24.3 Å². The molecule has 0 aliphatic rings. The molecule has 2 N–H and O–H groups in total. The Morgan fingerprint density at radius 2 is 1.64 bits per heavy atom. The van der Waals surface area contributed by atoms with Crippen LogP contribution in [0.4, 0.5) is 27.6 Å². The van der Waals surface area contributed by atoms with E-state index in [1.165, 1.54) is 0 Å². The van der Waals surface area contributed by atoms with Gasteiger partial charge in [-0.1, -0.05) is 18.2 Å². The summed E-state index contributed by atoms with van der Waals surface area (Å²) in [7, 11) is 0. The van der Waals surface area contributed by atoms with Gasteiger partial charge in [0.05, 0.1) is 0 Å². The van der Waals surface area contributed by atoms with E-state index in [9.17, 15) is 22.0 Å². The van der Waals surface area contributed by atoms with Gasteiger partial charge in [0.25, 0.3) is 0 Å². The third-order valence-corrected chi connectivity index (χ3v) is 2.65. The topological polar surface area (TPSA) is 33.3 Å². The average Bonchev–Trinajstić information content (AvgIpc) is 2.46. The molecular formula is C14H11F5N2O. The van der Waals surface area contributed by atoms with Gasteiger partial charge in [-0.25, -0.2) is 14.2 Å². The lowest BCUT2D eigenvalue weighted by molar-refractivity contribution is -0.275. The molecule has 0 heterocycles. The Bertz CT molecular complexity index is 631. The molecule has 0 amide bonds. The molecule has 0 spiro atoms. The molecule has 0 radical (unpaired) electrons. The number of halogens is 5. The molecular weight excluding hydrogens is 307 g/mol. The molecule has 2 aromatic carbocycles. The molecule has 2 rings (SSSR count). The van der Waals surface area contributed by atoms with Crippen molar-refractivity contribution in [3.8, 4) is 5.75 Å². The van der Waals surface area contributed by atoms with E-state index in [0.717, 1.165) is 6.07 Å². The highest BCUT2D eigenvalue weighted by Gasteiger charge is 2.33. The maximum atomic E-state index is 13.7. The first-order chi connectivity index (χ1) is 10.4. The van der Waals surface area contributed by atoms with Crippen LogP contribution < -0.4 is 15.6 Å². The fraction of sp³-hybridized carbons (Fsp3) is 0.143. The van der Waals surface area contributed by atoms with E-state index in [2.05, 4.69) is 15.6 Å². The van der Waals surface area contributed by atoms with E-state index >= 15 is 0 Å². The molecule has 0 bridgehead atoms. The summed E-state index contributed by atoms with van der Waals surface area (Å²) in [4.78, 5) is 0. The Morgan fingerprint density at radius 3 is 2.27 bits per heavy atom. The molecule has 2 aromatic rings. The minimum atomic E-state index is -4.99. The van der Waals surface area contributed by atoms with Crippen LogP contribution in [0, 0.1) is 11.6 Å². The number of hydrogen-bond donors (Lipinski definition) is 2. The van der Waals surface area contributed by atoms with Crippen molar-refractivity contribution in [2.24, 2.45) is 0 Å². The Labute approximate surface area is 122 Å². The van der Waals surface area contributed by atoms with Crippen LogP contribution in [0.5, 0.6) is 5.75 Å². The van der Waals surface area contributed by atoms with E-state index in [1.54, 1.807) is 30.3 Å². The molecule has 0 fully saturated rings. The number of rotatable bonds is 5. The molecule has 3 nitrogen and oxygen atoms in total. The molecule has 0 aliphatic carbocycles. The monoisotopic (exact) mass is 318 g/mol. The number of hydrazine groups is 1. The zero-order chi connectivity index (χ0) is 16.2. The lowest BCUT2D eigenvalue weighted by Gasteiger charge is -2.15. The zero-order valence-electron chi connectivity index (χ0n) is 11.0. The highest BCUT2D eigenvalue weighted by molar-refractivity contribution is 5.42. The van der Waals surface area contributed by atoms with Crippen LogP contribution in [0.3, 0.4) is 0 Å². The molecule has 0 saturated heterocycles. The predicted octanol–water partition coefficient (Wildman–Crippen LogP) is 3.98. The van der Waals surface area contributed by atoms with Crippen LogP contribution in [-0.2, 0) is 6.54 Å².